The molecule has 0 aliphatic carbocycles. The largest absolute Gasteiger partial charge is 0.324 e. The van der Waals surface area contributed by atoms with E-state index >= 15 is 0 Å². The molecule has 0 saturated carbocycles. The van der Waals surface area contributed by atoms with Crippen molar-refractivity contribution in [3.63, 3.8) is 0 Å². The SMILES string of the molecule is Cc1sc2ncnc(S[C@H](C)C(=O)Nc3cc(Cl)ccc3Cl)c2c1C. The molecule has 1 amide bonds. The van der Waals surface area contributed by atoms with Crippen molar-refractivity contribution in [1.82, 2.24) is 9.97 Å². The fourth-order valence-corrected chi connectivity index (χ4v) is 4.66. The highest BCUT2D eigenvalue weighted by molar-refractivity contribution is 8.00. The second-order valence-electron chi connectivity index (χ2n) is 5.52. The fourth-order valence-electron chi connectivity index (χ4n) is 2.29. The van der Waals surface area contributed by atoms with E-state index < -0.39 is 0 Å². The van der Waals surface area contributed by atoms with Crippen molar-refractivity contribution in [3.8, 4) is 0 Å². The van der Waals surface area contributed by atoms with Gasteiger partial charge in [-0.1, -0.05) is 35.0 Å². The molecule has 1 aromatic carbocycles. The highest BCUT2D eigenvalue weighted by Crippen LogP contribution is 2.36. The number of nitrogens with one attached hydrogen (secondary N) is 1. The zero-order valence-corrected chi connectivity index (χ0v) is 16.9. The molecule has 130 valence electrons. The van der Waals surface area contributed by atoms with E-state index in [0.717, 1.165) is 20.8 Å². The summed E-state index contributed by atoms with van der Waals surface area (Å²) in [6.07, 6.45) is 1.54. The number of benzene rings is 1. The van der Waals surface area contributed by atoms with Crippen molar-refractivity contribution in [2.45, 2.75) is 31.0 Å². The molecule has 0 fully saturated rings. The zero-order chi connectivity index (χ0) is 18.1. The summed E-state index contributed by atoms with van der Waals surface area (Å²) in [5, 5.41) is 5.27. The lowest BCUT2D eigenvalue weighted by molar-refractivity contribution is -0.115. The lowest BCUT2D eigenvalue weighted by Gasteiger charge is -2.13. The van der Waals surface area contributed by atoms with Crippen LogP contribution in [0.15, 0.2) is 29.6 Å². The molecule has 8 heteroatoms. The van der Waals surface area contributed by atoms with Gasteiger partial charge in [0.25, 0.3) is 0 Å². The van der Waals surface area contributed by atoms with Gasteiger partial charge in [-0.2, -0.15) is 0 Å². The van der Waals surface area contributed by atoms with Crippen molar-refractivity contribution >= 4 is 68.1 Å². The molecule has 1 atom stereocenters. The summed E-state index contributed by atoms with van der Waals surface area (Å²) in [5.41, 5.74) is 1.66. The van der Waals surface area contributed by atoms with Crippen LogP contribution >= 0.6 is 46.3 Å². The Labute approximate surface area is 164 Å². The van der Waals surface area contributed by atoms with Gasteiger partial charge in [-0.25, -0.2) is 9.97 Å². The number of aryl methyl sites for hydroxylation is 2. The molecule has 0 spiro atoms. The number of thiophene rings is 1. The number of amides is 1. The summed E-state index contributed by atoms with van der Waals surface area (Å²) in [7, 11) is 0. The van der Waals surface area contributed by atoms with E-state index in [1.54, 1.807) is 35.9 Å². The van der Waals surface area contributed by atoms with E-state index in [1.165, 1.54) is 16.6 Å². The summed E-state index contributed by atoms with van der Waals surface area (Å²) >= 11 is 15.1. The highest BCUT2D eigenvalue weighted by Gasteiger charge is 2.20. The van der Waals surface area contributed by atoms with Crippen molar-refractivity contribution in [2.75, 3.05) is 5.32 Å². The van der Waals surface area contributed by atoms with Gasteiger partial charge in [-0.15, -0.1) is 11.3 Å². The van der Waals surface area contributed by atoms with Crippen LogP contribution in [0.2, 0.25) is 10.0 Å². The Bertz CT molecular complexity index is 958. The summed E-state index contributed by atoms with van der Waals surface area (Å²) < 4.78 is 0. The first-order chi connectivity index (χ1) is 11.9. The average molecular weight is 412 g/mol. The number of halogens is 2. The molecule has 0 saturated heterocycles. The number of anilines is 1. The van der Waals surface area contributed by atoms with Gasteiger partial charge in [0, 0.05) is 15.3 Å². The molecule has 2 heterocycles. The molecule has 0 unspecified atom stereocenters. The quantitative estimate of drug-likeness (QED) is 0.439. The Balaban J connectivity index is 1.81. The minimum absolute atomic E-state index is 0.162. The number of carbonyl (C=O) groups is 1. The summed E-state index contributed by atoms with van der Waals surface area (Å²) in [4.78, 5) is 23.4. The number of hydrogen-bond acceptors (Lipinski definition) is 5. The van der Waals surface area contributed by atoms with Crippen molar-refractivity contribution in [1.29, 1.82) is 0 Å². The molecular formula is C17H15Cl2N3OS2. The molecule has 3 rings (SSSR count). The Morgan fingerprint density at radius 2 is 2.04 bits per heavy atom. The van der Waals surface area contributed by atoms with Crippen LogP contribution in [0.5, 0.6) is 0 Å². The van der Waals surface area contributed by atoms with Gasteiger partial charge in [-0.05, 0) is 44.5 Å². The van der Waals surface area contributed by atoms with E-state index in [9.17, 15) is 4.79 Å². The van der Waals surface area contributed by atoms with E-state index in [0.29, 0.717) is 15.7 Å². The summed E-state index contributed by atoms with van der Waals surface area (Å²) in [6.45, 7) is 5.95. The molecule has 0 aliphatic heterocycles. The molecule has 0 aliphatic rings. The first-order valence-corrected chi connectivity index (χ1v) is 9.95. The lowest BCUT2D eigenvalue weighted by Crippen LogP contribution is -2.22. The summed E-state index contributed by atoms with van der Waals surface area (Å²) in [5.74, 6) is -0.162. The van der Waals surface area contributed by atoms with Gasteiger partial charge >= 0.3 is 0 Å². The van der Waals surface area contributed by atoms with Crippen LogP contribution in [0.3, 0.4) is 0 Å². The van der Waals surface area contributed by atoms with Gasteiger partial charge in [0.05, 0.1) is 16.0 Å². The topological polar surface area (TPSA) is 54.9 Å². The van der Waals surface area contributed by atoms with Gasteiger partial charge < -0.3 is 5.32 Å². The maximum Gasteiger partial charge on any atom is 0.237 e. The molecule has 4 nitrogen and oxygen atoms in total. The van der Waals surface area contributed by atoms with Crippen molar-refractivity contribution < 1.29 is 4.79 Å². The van der Waals surface area contributed by atoms with Crippen LogP contribution in [0.25, 0.3) is 10.2 Å². The van der Waals surface area contributed by atoms with Crippen LogP contribution in [-0.2, 0) is 4.79 Å². The maximum atomic E-state index is 12.5. The number of carbonyl (C=O) groups excluding carboxylic acids is 1. The number of aromatic nitrogens is 2. The third-order valence-electron chi connectivity index (χ3n) is 3.77. The number of nitrogens with zero attached hydrogens (tertiary/aromatic N) is 2. The number of hydrogen-bond donors (Lipinski definition) is 1. The predicted molar refractivity (Wildman–Crippen MR) is 107 cm³/mol. The van der Waals surface area contributed by atoms with Gasteiger partial charge in [-0.3, -0.25) is 4.79 Å². The molecule has 3 aromatic rings. The second kappa shape index (κ2) is 7.50. The molecule has 2 aromatic heterocycles. The first kappa shape index (κ1) is 18.5. The molecule has 0 radical (unpaired) electrons. The highest BCUT2D eigenvalue weighted by atomic mass is 35.5. The van der Waals surface area contributed by atoms with Crippen LogP contribution in [0.4, 0.5) is 5.69 Å². The molecule has 0 bridgehead atoms. The maximum absolute atomic E-state index is 12.5. The van der Waals surface area contributed by atoms with E-state index in [-0.39, 0.29) is 11.2 Å². The Morgan fingerprint density at radius 3 is 2.80 bits per heavy atom. The minimum Gasteiger partial charge on any atom is -0.324 e. The molecular weight excluding hydrogens is 397 g/mol. The van der Waals surface area contributed by atoms with Gasteiger partial charge in [0.2, 0.25) is 5.91 Å². The molecule has 1 N–H and O–H groups in total. The van der Waals surface area contributed by atoms with Crippen LogP contribution in [-0.4, -0.2) is 21.1 Å². The average Bonchev–Trinajstić information content (AvgIpc) is 2.86. The van der Waals surface area contributed by atoms with Crippen LogP contribution < -0.4 is 5.32 Å². The lowest BCUT2D eigenvalue weighted by atomic mass is 10.2. The van der Waals surface area contributed by atoms with Gasteiger partial charge in [0.1, 0.15) is 16.2 Å². The Hall–Kier alpha value is -1.34. The predicted octanol–water partition coefficient (Wildman–Crippen LogP) is 5.73. The zero-order valence-electron chi connectivity index (χ0n) is 13.8. The van der Waals surface area contributed by atoms with Crippen molar-refractivity contribution in [3.05, 3.63) is 45.0 Å². The standard InChI is InChI=1S/C17H15Cl2N3OS2/c1-8-9(2)24-16-14(8)17(21-7-20-16)25-10(3)15(23)22-13-6-11(18)4-5-12(13)19/h4-7,10H,1-3H3,(H,22,23)/t10-/m1/s1. The number of thioether (sulfide) groups is 1. The third kappa shape index (κ3) is 3.92. The number of rotatable bonds is 4. The fraction of sp³-hybridized carbons (Fsp3) is 0.235. The minimum atomic E-state index is -0.354. The second-order valence-corrected chi connectivity index (χ2v) is 8.89. The van der Waals surface area contributed by atoms with E-state index in [1.807, 2.05) is 6.92 Å². The summed E-state index contributed by atoms with van der Waals surface area (Å²) in [6, 6.07) is 4.97. The van der Waals surface area contributed by atoms with E-state index in [4.69, 9.17) is 23.2 Å². The number of fused-ring (bicyclic) bond motifs is 1. The van der Waals surface area contributed by atoms with Crippen molar-refractivity contribution in [2.24, 2.45) is 0 Å². The third-order valence-corrected chi connectivity index (χ3v) is 6.55. The smallest absolute Gasteiger partial charge is 0.237 e. The monoisotopic (exact) mass is 411 g/mol. The molecule has 25 heavy (non-hydrogen) atoms. The first-order valence-electron chi connectivity index (χ1n) is 7.50. The Morgan fingerprint density at radius 1 is 1.28 bits per heavy atom. The van der Waals surface area contributed by atoms with Crippen LogP contribution in [0, 0.1) is 13.8 Å². The normalized spacial score (nSPS) is 12.4. The van der Waals surface area contributed by atoms with Gasteiger partial charge in [0.15, 0.2) is 0 Å². The Kier molecular flexibility index (Phi) is 5.53. The van der Waals surface area contributed by atoms with Crippen LogP contribution in [0.1, 0.15) is 17.4 Å². The van der Waals surface area contributed by atoms with E-state index in [2.05, 4.69) is 29.1 Å².